The van der Waals surface area contributed by atoms with Crippen molar-refractivity contribution in [1.82, 2.24) is 0 Å². The summed E-state index contributed by atoms with van der Waals surface area (Å²) in [6.07, 6.45) is 0. The molecular formula is C15H13BrN2O. The van der Waals surface area contributed by atoms with Gasteiger partial charge in [0.05, 0.1) is 24.4 Å². The van der Waals surface area contributed by atoms with E-state index in [-0.39, 0.29) is 0 Å². The number of benzene rings is 2. The maximum Gasteiger partial charge on any atom is 0.142 e. The van der Waals surface area contributed by atoms with E-state index in [1.54, 1.807) is 13.2 Å². The number of nitrogens with zero attached hydrogens (tertiary/aromatic N) is 1. The number of hydrogen-bond acceptors (Lipinski definition) is 3. The molecule has 0 saturated heterocycles. The Hall–Kier alpha value is -1.99. The summed E-state index contributed by atoms with van der Waals surface area (Å²) in [6.45, 7) is 0.641. The van der Waals surface area contributed by atoms with E-state index in [2.05, 4.69) is 27.3 Å². The lowest BCUT2D eigenvalue weighted by atomic mass is 10.1. The summed E-state index contributed by atoms with van der Waals surface area (Å²) >= 11 is 3.44. The van der Waals surface area contributed by atoms with Crippen molar-refractivity contribution in [2.45, 2.75) is 6.54 Å². The zero-order valence-electron chi connectivity index (χ0n) is 10.5. The number of rotatable bonds is 4. The van der Waals surface area contributed by atoms with Gasteiger partial charge in [-0.1, -0.05) is 28.1 Å². The second-order valence-corrected chi connectivity index (χ2v) is 4.93. The van der Waals surface area contributed by atoms with E-state index in [4.69, 9.17) is 10.00 Å². The summed E-state index contributed by atoms with van der Waals surface area (Å²) in [5.41, 5.74) is 2.64. The Kier molecular flexibility index (Phi) is 4.43. The van der Waals surface area contributed by atoms with E-state index < -0.39 is 0 Å². The molecule has 1 N–H and O–H groups in total. The molecule has 4 heteroatoms. The average Bonchev–Trinajstić information content (AvgIpc) is 2.45. The highest BCUT2D eigenvalue weighted by molar-refractivity contribution is 9.10. The number of methoxy groups -OCH3 is 1. The van der Waals surface area contributed by atoms with Crippen LogP contribution < -0.4 is 10.1 Å². The Morgan fingerprint density at radius 1 is 1.26 bits per heavy atom. The highest BCUT2D eigenvalue weighted by Gasteiger charge is 2.03. The summed E-state index contributed by atoms with van der Waals surface area (Å²) in [7, 11) is 1.64. The van der Waals surface area contributed by atoms with E-state index in [9.17, 15) is 0 Å². The normalized spacial score (nSPS) is 9.74. The van der Waals surface area contributed by atoms with Crippen molar-refractivity contribution in [3.63, 3.8) is 0 Å². The molecule has 0 amide bonds. The molecule has 2 aromatic rings. The van der Waals surface area contributed by atoms with Crippen molar-refractivity contribution in [2.24, 2.45) is 0 Å². The van der Waals surface area contributed by atoms with E-state index >= 15 is 0 Å². The molecule has 96 valence electrons. The van der Waals surface area contributed by atoms with Gasteiger partial charge in [-0.2, -0.15) is 5.26 Å². The minimum atomic E-state index is 0.641. The van der Waals surface area contributed by atoms with Gasteiger partial charge in [-0.3, -0.25) is 0 Å². The van der Waals surface area contributed by atoms with Crippen LogP contribution in [0, 0.1) is 11.3 Å². The second-order valence-electron chi connectivity index (χ2n) is 4.01. The number of anilines is 1. The van der Waals surface area contributed by atoms with Crippen molar-refractivity contribution in [1.29, 1.82) is 5.26 Å². The molecule has 0 heterocycles. The average molecular weight is 317 g/mol. The molecule has 0 spiro atoms. The van der Waals surface area contributed by atoms with Gasteiger partial charge in [-0.15, -0.1) is 0 Å². The molecule has 2 aromatic carbocycles. The van der Waals surface area contributed by atoms with Gasteiger partial charge >= 0.3 is 0 Å². The second kappa shape index (κ2) is 6.26. The molecule has 0 atom stereocenters. The van der Waals surface area contributed by atoms with Crippen molar-refractivity contribution in [3.05, 3.63) is 58.1 Å². The number of hydrogen-bond donors (Lipinski definition) is 1. The quantitative estimate of drug-likeness (QED) is 0.929. The van der Waals surface area contributed by atoms with Crippen molar-refractivity contribution in [3.8, 4) is 11.8 Å². The molecule has 0 aliphatic heterocycles. The van der Waals surface area contributed by atoms with Crippen LogP contribution in [0.1, 0.15) is 11.1 Å². The summed E-state index contributed by atoms with van der Waals surface area (Å²) < 4.78 is 6.29. The lowest BCUT2D eigenvalue weighted by Crippen LogP contribution is -2.01. The van der Waals surface area contributed by atoms with Crippen LogP contribution in [-0.2, 0) is 6.54 Å². The van der Waals surface area contributed by atoms with Gasteiger partial charge in [0, 0.05) is 11.0 Å². The number of nitriles is 1. The third kappa shape index (κ3) is 3.49. The zero-order valence-corrected chi connectivity index (χ0v) is 12.1. The first-order valence-corrected chi connectivity index (χ1v) is 6.58. The molecule has 0 radical (unpaired) electrons. The predicted molar refractivity (Wildman–Crippen MR) is 79.2 cm³/mol. The van der Waals surface area contributed by atoms with Gasteiger partial charge in [0.15, 0.2) is 0 Å². The lowest BCUT2D eigenvalue weighted by molar-refractivity contribution is 0.416. The molecule has 0 aromatic heterocycles. The van der Waals surface area contributed by atoms with Gasteiger partial charge in [-0.05, 0) is 35.9 Å². The Bertz CT molecular complexity index is 620. The van der Waals surface area contributed by atoms with E-state index in [0.29, 0.717) is 12.1 Å². The summed E-state index contributed by atoms with van der Waals surface area (Å²) in [6, 6.07) is 15.5. The molecular weight excluding hydrogens is 304 g/mol. The van der Waals surface area contributed by atoms with E-state index in [1.807, 2.05) is 36.4 Å². The summed E-state index contributed by atoms with van der Waals surface area (Å²) in [4.78, 5) is 0. The van der Waals surface area contributed by atoms with Gasteiger partial charge in [-0.25, -0.2) is 0 Å². The maximum atomic E-state index is 8.87. The number of halogens is 1. The summed E-state index contributed by atoms with van der Waals surface area (Å²) in [5.74, 6) is 0.791. The Balaban J connectivity index is 2.14. The Morgan fingerprint density at radius 3 is 2.84 bits per heavy atom. The molecule has 0 saturated carbocycles. The predicted octanol–water partition coefficient (Wildman–Crippen LogP) is 3.94. The standard InChI is InChI=1S/C15H13BrN2O/c1-19-15-6-5-13(16)8-14(15)18-10-12-4-2-3-11(7-12)9-17/h2-8,18H,10H2,1H3. The highest BCUT2D eigenvalue weighted by atomic mass is 79.9. The van der Waals surface area contributed by atoms with E-state index in [1.165, 1.54) is 0 Å². The van der Waals surface area contributed by atoms with Crippen molar-refractivity contribution >= 4 is 21.6 Å². The maximum absolute atomic E-state index is 8.87. The van der Waals surface area contributed by atoms with Crippen LogP contribution in [0.4, 0.5) is 5.69 Å². The van der Waals surface area contributed by atoms with E-state index in [0.717, 1.165) is 21.5 Å². The molecule has 0 bridgehead atoms. The number of ether oxygens (including phenoxy) is 1. The SMILES string of the molecule is COc1ccc(Br)cc1NCc1cccc(C#N)c1. The largest absolute Gasteiger partial charge is 0.495 e. The third-order valence-corrected chi connectivity index (χ3v) is 3.19. The van der Waals surface area contributed by atoms with Gasteiger partial charge < -0.3 is 10.1 Å². The fourth-order valence-corrected chi connectivity index (χ4v) is 2.13. The molecule has 19 heavy (non-hydrogen) atoms. The van der Waals surface area contributed by atoms with Crippen LogP contribution in [0.3, 0.4) is 0 Å². The van der Waals surface area contributed by atoms with Crippen LogP contribution in [-0.4, -0.2) is 7.11 Å². The Labute approximate surface area is 121 Å². The molecule has 0 aliphatic carbocycles. The monoisotopic (exact) mass is 316 g/mol. The first-order valence-electron chi connectivity index (χ1n) is 5.79. The topological polar surface area (TPSA) is 45.0 Å². The lowest BCUT2D eigenvalue weighted by Gasteiger charge is -2.11. The third-order valence-electron chi connectivity index (χ3n) is 2.70. The van der Waals surface area contributed by atoms with Gasteiger partial charge in [0.25, 0.3) is 0 Å². The van der Waals surface area contributed by atoms with Crippen LogP contribution in [0.15, 0.2) is 46.9 Å². The fourth-order valence-electron chi connectivity index (χ4n) is 1.77. The van der Waals surface area contributed by atoms with Gasteiger partial charge in [0.1, 0.15) is 5.75 Å². The summed E-state index contributed by atoms with van der Waals surface area (Å²) in [5, 5.41) is 12.2. The Morgan fingerprint density at radius 2 is 2.11 bits per heavy atom. The van der Waals surface area contributed by atoms with Crippen molar-refractivity contribution in [2.75, 3.05) is 12.4 Å². The van der Waals surface area contributed by atoms with Crippen LogP contribution in [0.5, 0.6) is 5.75 Å². The molecule has 0 aliphatic rings. The smallest absolute Gasteiger partial charge is 0.142 e. The molecule has 0 unspecified atom stereocenters. The molecule has 2 rings (SSSR count). The highest BCUT2D eigenvalue weighted by Crippen LogP contribution is 2.28. The number of nitrogens with one attached hydrogen (secondary N) is 1. The van der Waals surface area contributed by atoms with Crippen LogP contribution in [0.2, 0.25) is 0 Å². The molecule has 3 nitrogen and oxygen atoms in total. The first kappa shape index (κ1) is 13.4. The minimum absolute atomic E-state index is 0.641. The molecule has 0 fully saturated rings. The fraction of sp³-hybridized carbons (Fsp3) is 0.133. The zero-order chi connectivity index (χ0) is 13.7. The van der Waals surface area contributed by atoms with Crippen LogP contribution >= 0.6 is 15.9 Å². The van der Waals surface area contributed by atoms with Gasteiger partial charge in [0.2, 0.25) is 0 Å². The minimum Gasteiger partial charge on any atom is -0.495 e. The first-order chi connectivity index (χ1) is 9.22. The van der Waals surface area contributed by atoms with Crippen LogP contribution in [0.25, 0.3) is 0 Å². The van der Waals surface area contributed by atoms with Crippen molar-refractivity contribution < 1.29 is 4.74 Å².